The van der Waals surface area contributed by atoms with Gasteiger partial charge in [0.05, 0.1) is 31.9 Å². The van der Waals surface area contributed by atoms with Crippen LogP contribution in [-0.2, 0) is 9.53 Å². The monoisotopic (exact) mass is 397 g/mol. The molecule has 0 amide bonds. The smallest absolute Gasteiger partial charge is 0.344 e. The van der Waals surface area contributed by atoms with E-state index in [1.165, 1.54) is 18.9 Å². The van der Waals surface area contributed by atoms with Gasteiger partial charge in [0.15, 0.2) is 0 Å². The summed E-state index contributed by atoms with van der Waals surface area (Å²) in [5.74, 6) is 0.405. The molecule has 7 heteroatoms. The average Bonchev–Trinajstić information content (AvgIpc) is 3.03. The minimum Gasteiger partial charge on any atom is -0.506 e. The van der Waals surface area contributed by atoms with Crippen LogP contribution in [-0.4, -0.2) is 37.4 Å². The molecule has 3 rings (SSSR count). The van der Waals surface area contributed by atoms with E-state index in [-0.39, 0.29) is 11.3 Å². The first kappa shape index (κ1) is 19.6. The number of carbonyl (C=O) groups excluding carboxylic acids is 1. The van der Waals surface area contributed by atoms with Gasteiger partial charge in [0.25, 0.3) is 0 Å². The van der Waals surface area contributed by atoms with E-state index >= 15 is 0 Å². The van der Waals surface area contributed by atoms with Gasteiger partial charge in [0.2, 0.25) is 0 Å². The van der Waals surface area contributed by atoms with Crippen LogP contribution in [0.3, 0.4) is 0 Å². The maximum atomic E-state index is 12.2. The molecule has 0 unspecified atom stereocenters. The molecule has 0 bridgehead atoms. The molecule has 1 N–H and O–H groups in total. The zero-order valence-corrected chi connectivity index (χ0v) is 16.4. The second-order valence-corrected chi connectivity index (χ2v) is 6.72. The molecule has 0 radical (unpaired) electrons. The molecule has 0 aliphatic carbocycles. The van der Waals surface area contributed by atoms with Gasteiger partial charge in [-0.2, -0.15) is 0 Å². The van der Waals surface area contributed by atoms with Crippen LogP contribution in [0.5, 0.6) is 11.5 Å². The predicted octanol–water partition coefficient (Wildman–Crippen LogP) is 4.51. The van der Waals surface area contributed by atoms with Crippen molar-refractivity contribution in [2.24, 2.45) is 4.99 Å². The van der Waals surface area contributed by atoms with Crippen LogP contribution >= 0.6 is 11.8 Å². The average molecular weight is 397 g/mol. The first-order valence-corrected chi connectivity index (χ1v) is 9.16. The lowest BCUT2D eigenvalue weighted by atomic mass is 10.1. The lowest BCUT2D eigenvalue weighted by Crippen LogP contribution is -2.10. The van der Waals surface area contributed by atoms with E-state index < -0.39 is 5.97 Å². The molecule has 0 fully saturated rings. The summed E-state index contributed by atoms with van der Waals surface area (Å²) in [5, 5.41) is 11.0. The van der Waals surface area contributed by atoms with E-state index in [4.69, 9.17) is 14.2 Å². The Bertz CT molecular complexity index is 980. The number of aliphatic hydroxyl groups is 1. The van der Waals surface area contributed by atoms with Crippen molar-refractivity contribution in [1.29, 1.82) is 0 Å². The third-order valence-electron chi connectivity index (χ3n) is 3.99. The molecule has 0 atom stereocenters. The Morgan fingerprint density at radius 1 is 1.07 bits per heavy atom. The molecule has 1 aliphatic heterocycles. The molecular formula is C21H19NO5S. The highest BCUT2D eigenvalue weighted by atomic mass is 32.2. The maximum absolute atomic E-state index is 12.2. The van der Waals surface area contributed by atoms with Crippen LogP contribution < -0.4 is 9.47 Å². The molecule has 6 nitrogen and oxygen atoms in total. The van der Waals surface area contributed by atoms with Crippen molar-refractivity contribution < 1.29 is 24.1 Å². The second kappa shape index (κ2) is 8.67. The first-order chi connectivity index (χ1) is 13.6. The highest BCUT2D eigenvalue weighted by Crippen LogP contribution is 2.41. The molecule has 0 saturated carbocycles. The third-order valence-corrected chi connectivity index (χ3v) is 5.01. The Labute approximate surface area is 167 Å². The molecule has 28 heavy (non-hydrogen) atoms. The molecule has 1 aliphatic rings. The van der Waals surface area contributed by atoms with Crippen molar-refractivity contribution in [1.82, 2.24) is 0 Å². The summed E-state index contributed by atoms with van der Waals surface area (Å²) in [6, 6.07) is 14.5. The van der Waals surface area contributed by atoms with Crippen molar-refractivity contribution in [3.63, 3.8) is 0 Å². The number of thioether (sulfide) groups is 1. The topological polar surface area (TPSA) is 77.4 Å². The number of aliphatic hydroxyl groups excluding tert-OH is 1. The predicted molar refractivity (Wildman–Crippen MR) is 110 cm³/mol. The molecule has 0 aromatic heterocycles. The van der Waals surface area contributed by atoms with Crippen LogP contribution in [0.2, 0.25) is 0 Å². The van der Waals surface area contributed by atoms with E-state index in [1.807, 2.05) is 36.4 Å². The van der Waals surface area contributed by atoms with Gasteiger partial charge < -0.3 is 19.3 Å². The Hall–Kier alpha value is -3.19. The fraction of sp³-hybridized carbons (Fsp3) is 0.143. The number of ether oxygens (including phenoxy) is 3. The van der Waals surface area contributed by atoms with Crippen LogP contribution in [0.25, 0.3) is 6.08 Å². The number of carbonyl (C=O) groups is 1. The largest absolute Gasteiger partial charge is 0.506 e. The van der Waals surface area contributed by atoms with Gasteiger partial charge in [-0.15, -0.1) is 0 Å². The fourth-order valence-electron chi connectivity index (χ4n) is 2.59. The molecular weight excluding hydrogens is 378 g/mol. The second-order valence-electron chi connectivity index (χ2n) is 5.69. The lowest BCUT2D eigenvalue weighted by Gasteiger charge is -2.08. The summed E-state index contributed by atoms with van der Waals surface area (Å²) < 4.78 is 15.4. The van der Waals surface area contributed by atoms with Gasteiger partial charge in [-0.25, -0.2) is 9.79 Å². The molecule has 0 saturated heterocycles. The van der Waals surface area contributed by atoms with Crippen LogP contribution in [0, 0.1) is 0 Å². The van der Waals surface area contributed by atoms with E-state index in [0.29, 0.717) is 27.1 Å². The summed E-state index contributed by atoms with van der Waals surface area (Å²) >= 11 is 1.19. The first-order valence-electron chi connectivity index (χ1n) is 8.35. The van der Waals surface area contributed by atoms with Crippen molar-refractivity contribution in [2.45, 2.75) is 0 Å². The summed E-state index contributed by atoms with van der Waals surface area (Å²) in [5.41, 5.74) is 1.43. The number of rotatable bonds is 5. The molecule has 144 valence electrons. The van der Waals surface area contributed by atoms with Crippen molar-refractivity contribution in [3.8, 4) is 11.5 Å². The van der Waals surface area contributed by atoms with Crippen LogP contribution in [0.15, 0.2) is 69.8 Å². The van der Waals surface area contributed by atoms with Gasteiger partial charge in [0, 0.05) is 11.6 Å². The summed E-state index contributed by atoms with van der Waals surface area (Å²) in [7, 11) is 4.39. The standard InChI is InChI=1S/C21H19NO5S/c1-25-15-10-9-13(16(12-15)26-2)11-17-19(23)18(21(24)27-3)20(28-17)22-14-7-5-4-6-8-14/h4-12,23H,1-3H3/b17-11-,22-20?. The highest BCUT2D eigenvalue weighted by molar-refractivity contribution is 8.18. The number of esters is 1. The Kier molecular flexibility index (Phi) is 6.06. The molecule has 0 spiro atoms. The van der Waals surface area contributed by atoms with Gasteiger partial charge >= 0.3 is 5.97 Å². The summed E-state index contributed by atoms with van der Waals surface area (Å²) in [6.07, 6.45) is 1.73. The molecule has 1 heterocycles. The van der Waals surface area contributed by atoms with E-state index in [0.717, 1.165) is 5.56 Å². The summed E-state index contributed by atoms with van der Waals surface area (Å²) in [6.45, 7) is 0. The number of methoxy groups -OCH3 is 3. The van der Waals surface area contributed by atoms with Crippen molar-refractivity contribution >= 4 is 34.5 Å². The van der Waals surface area contributed by atoms with Crippen molar-refractivity contribution in [2.75, 3.05) is 21.3 Å². The zero-order chi connectivity index (χ0) is 20.1. The Morgan fingerprint density at radius 2 is 1.82 bits per heavy atom. The van der Waals surface area contributed by atoms with Gasteiger partial charge in [-0.05, 0) is 30.3 Å². The quantitative estimate of drug-likeness (QED) is 0.748. The third kappa shape index (κ3) is 4.04. The van der Waals surface area contributed by atoms with Gasteiger partial charge in [0.1, 0.15) is 27.9 Å². The highest BCUT2D eigenvalue weighted by Gasteiger charge is 2.33. The number of benzene rings is 2. The lowest BCUT2D eigenvalue weighted by molar-refractivity contribution is -0.135. The number of aliphatic imine (C=N–C) groups is 1. The molecule has 2 aromatic rings. The minimum atomic E-state index is -0.648. The van der Waals surface area contributed by atoms with Crippen molar-refractivity contribution in [3.05, 3.63) is 70.3 Å². The number of para-hydroxylation sites is 1. The molecule has 2 aromatic carbocycles. The van der Waals surface area contributed by atoms with Crippen LogP contribution in [0.1, 0.15) is 5.56 Å². The number of hydrogen-bond donors (Lipinski definition) is 1. The van der Waals surface area contributed by atoms with E-state index in [9.17, 15) is 9.90 Å². The Morgan fingerprint density at radius 3 is 2.46 bits per heavy atom. The Balaban J connectivity index is 2.06. The van der Waals surface area contributed by atoms with Crippen LogP contribution in [0.4, 0.5) is 5.69 Å². The van der Waals surface area contributed by atoms with E-state index in [1.54, 1.807) is 32.4 Å². The SMILES string of the molecule is COC(=O)C1=C(O)/C(=C/c2ccc(OC)cc2OC)SC1=Nc1ccccc1. The minimum absolute atomic E-state index is 0.0371. The normalized spacial score (nSPS) is 16.5. The summed E-state index contributed by atoms with van der Waals surface area (Å²) in [4.78, 5) is 17.2. The van der Waals surface area contributed by atoms with E-state index in [2.05, 4.69) is 4.99 Å². The number of nitrogens with zero attached hydrogens (tertiary/aromatic N) is 1. The fourth-order valence-corrected chi connectivity index (χ4v) is 3.62. The van der Waals surface area contributed by atoms with Gasteiger partial charge in [-0.3, -0.25) is 0 Å². The number of hydrogen-bond acceptors (Lipinski definition) is 7. The maximum Gasteiger partial charge on any atom is 0.344 e. The van der Waals surface area contributed by atoms with Gasteiger partial charge in [-0.1, -0.05) is 30.0 Å². The zero-order valence-electron chi connectivity index (χ0n) is 15.6.